The average Bonchev–Trinajstić information content (AvgIpc) is 3.45. The van der Waals surface area contributed by atoms with E-state index < -0.39 is 16.3 Å². The van der Waals surface area contributed by atoms with Crippen LogP contribution in [0.3, 0.4) is 0 Å². The van der Waals surface area contributed by atoms with Gasteiger partial charge in [-0.15, -0.1) is 0 Å². The fourth-order valence-electron chi connectivity index (χ4n) is 4.38. The van der Waals surface area contributed by atoms with Crippen LogP contribution in [0.15, 0.2) is 17.1 Å². The monoisotopic (exact) mass is 401 g/mol. The van der Waals surface area contributed by atoms with Gasteiger partial charge in [0.05, 0.1) is 28.0 Å². The lowest BCUT2D eigenvalue weighted by atomic mass is 10.0. The van der Waals surface area contributed by atoms with Crippen molar-refractivity contribution in [1.29, 1.82) is 0 Å². The summed E-state index contributed by atoms with van der Waals surface area (Å²) in [5.74, 6) is -1.33. The number of nitro groups is 1. The minimum atomic E-state index is -1.33. The quantitative estimate of drug-likeness (QED) is 0.619. The maximum Gasteiger partial charge on any atom is 0.341 e. The number of pyridine rings is 1. The van der Waals surface area contributed by atoms with Crippen LogP contribution in [0.1, 0.15) is 48.7 Å². The molecule has 1 aromatic heterocycles. The molecule has 154 valence electrons. The second kappa shape index (κ2) is 6.84. The molecule has 1 aliphatic carbocycles. The van der Waals surface area contributed by atoms with E-state index in [9.17, 15) is 24.8 Å². The molecule has 1 aromatic carbocycles. The molecule has 1 saturated heterocycles. The van der Waals surface area contributed by atoms with E-state index in [0.717, 1.165) is 12.8 Å². The molecule has 0 spiro atoms. The van der Waals surface area contributed by atoms with E-state index in [4.69, 9.17) is 4.74 Å². The van der Waals surface area contributed by atoms with Crippen LogP contribution in [0.4, 0.5) is 11.4 Å². The van der Waals surface area contributed by atoms with Crippen LogP contribution in [0.5, 0.6) is 0 Å². The van der Waals surface area contributed by atoms with Crippen molar-refractivity contribution in [1.82, 2.24) is 4.57 Å². The van der Waals surface area contributed by atoms with Gasteiger partial charge >= 0.3 is 5.97 Å². The Morgan fingerprint density at radius 3 is 2.41 bits per heavy atom. The van der Waals surface area contributed by atoms with E-state index in [0.29, 0.717) is 29.9 Å². The number of hydrogen-bond donors (Lipinski definition) is 1. The second-order valence-electron chi connectivity index (χ2n) is 8.00. The van der Waals surface area contributed by atoms with E-state index >= 15 is 0 Å². The molecule has 2 atom stereocenters. The Morgan fingerprint density at radius 1 is 1.28 bits per heavy atom. The highest BCUT2D eigenvalue weighted by atomic mass is 16.6. The van der Waals surface area contributed by atoms with Crippen LogP contribution in [-0.4, -0.2) is 45.9 Å². The molecule has 0 bridgehead atoms. The predicted octanol–water partition coefficient (Wildman–Crippen LogP) is 2.86. The number of nitrogens with zero attached hydrogens (tertiary/aromatic N) is 3. The SMILES string of the molecule is Cc1c(N2CC(C)OC(C)C2)c([N+](=O)[O-])cc2c(=O)c(C(=O)O)cn(C3CC3)c12. The summed E-state index contributed by atoms with van der Waals surface area (Å²) in [4.78, 5) is 37.8. The van der Waals surface area contributed by atoms with Crippen molar-refractivity contribution in [2.45, 2.75) is 51.9 Å². The number of carbonyl (C=O) groups is 1. The molecule has 2 unspecified atom stereocenters. The number of benzene rings is 1. The van der Waals surface area contributed by atoms with Crippen LogP contribution in [0.25, 0.3) is 10.9 Å². The number of ether oxygens (including phenoxy) is 1. The maximum absolute atomic E-state index is 12.8. The van der Waals surface area contributed by atoms with Crippen molar-refractivity contribution >= 4 is 28.2 Å². The highest BCUT2D eigenvalue weighted by molar-refractivity contribution is 5.97. The second-order valence-corrected chi connectivity index (χ2v) is 8.00. The summed E-state index contributed by atoms with van der Waals surface area (Å²) < 4.78 is 7.58. The lowest BCUT2D eigenvalue weighted by molar-refractivity contribution is -0.384. The van der Waals surface area contributed by atoms with Gasteiger partial charge in [-0.25, -0.2) is 4.79 Å². The molecule has 1 saturated carbocycles. The Labute approximate surface area is 166 Å². The number of fused-ring (bicyclic) bond motifs is 1. The van der Waals surface area contributed by atoms with Gasteiger partial charge in [-0.05, 0) is 33.6 Å². The third kappa shape index (κ3) is 3.25. The van der Waals surface area contributed by atoms with Crippen molar-refractivity contribution in [2.75, 3.05) is 18.0 Å². The number of morpholine rings is 1. The molecular formula is C20H23N3O6. The summed E-state index contributed by atoms with van der Waals surface area (Å²) in [6.45, 7) is 6.61. The Kier molecular flexibility index (Phi) is 4.57. The Morgan fingerprint density at radius 2 is 1.90 bits per heavy atom. The van der Waals surface area contributed by atoms with Gasteiger partial charge in [0.2, 0.25) is 5.43 Å². The number of aryl methyl sites for hydroxylation is 1. The van der Waals surface area contributed by atoms with E-state index in [1.165, 1.54) is 12.3 Å². The Hall–Kier alpha value is -2.94. The molecule has 9 nitrogen and oxygen atoms in total. The van der Waals surface area contributed by atoms with Gasteiger partial charge in [-0.2, -0.15) is 0 Å². The molecule has 2 fully saturated rings. The molecule has 4 rings (SSSR count). The Bertz CT molecular complexity index is 1080. The number of aromatic carboxylic acids is 1. The fourth-order valence-corrected chi connectivity index (χ4v) is 4.38. The summed E-state index contributed by atoms with van der Waals surface area (Å²) in [7, 11) is 0. The first kappa shape index (κ1) is 19.4. The largest absolute Gasteiger partial charge is 0.477 e. The van der Waals surface area contributed by atoms with Crippen LogP contribution in [-0.2, 0) is 4.74 Å². The summed E-state index contributed by atoms with van der Waals surface area (Å²) in [6.07, 6.45) is 2.97. The van der Waals surface area contributed by atoms with E-state index in [1.54, 1.807) is 6.92 Å². The topological polar surface area (TPSA) is 115 Å². The molecule has 9 heteroatoms. The summed E-state index contributed by atoms with van der Waals surface area (Å²) in [5.41, 5.74) is 0.441. The molecule has 29 heavy (non-hydrogen) atoms. The summed E-state index contributed by atoms with van der Waals surface area (Å²) in [5, 5.41) is 21.4. The first-order valence-electron chi connectivity index (χ1n) is 9.69. The van der Waals surface area contributed by atoms with E-state index in [1.807, 2.05) is 23.3 Å². The molecule has 2 aromatic rings. The number of aromatic nitrogens is 1. The lowest BCUT2D eigenvalue weighted by Gasteiger charge is -2.37. The van der Waals surface area contributed by atoms with E-state index in [2.05, 4.69) is 0 Å². The third-order valence-electron chi connectivity index (χ3n) is 5.61. The van der Waals surface area contributed by atoms with Crippen molar-refractivity contribution in [2.24, 2.45) is 0 Å². The van der Waals surface area contributed by atoms with Gasteiger partial charge in [0.25, 0.3) is 5.69 Å². The number of rotatable bonds is 4. The maximum atomic E-state index is 12.8. The zero-order valence-electron chi connectivity index (χ0n) is 16.5. The van der Waals surface area contributed by atoms with Crippen LogP contribution < -0.4 is 10.3 Å². The van der Waals surface area contributed by atoms with Crippen molar-refractivity contribution in [3.63, 3.8) is 0 Å². The first-order chi connectivity index (χ1) is 13.7. The molecule has 0 radical (unpaired) electrons. The lowest BCUT2D eigenvalue weighted by Crippen LogP contribution is -2.46. The van der Waals surface area contributed by atoms with Gasteiger partial charge in [-0.1, -0.05) is 0 Å². The number of carboxylic acid groups (broad SMARTS) is 1. The predicted molar refractivity (Wildman–Crippen MR) is 107 cm³/mol. The van der Waals surface area contributed by atoms with Gasteiger partial charge in [0.1, 0.15) is 11.3 Å². The molecule has 0 amide bonds. The molecular weight excluding hydrogens is 378 g/mol. The fraction of sp³-hybridized carbons (Fsp3) is 0.500. The Balaban J connectivity index is 2.05. The number of hydrogen-bond acceptors (Lipinski definition) is 6. The number of nitro benzene ring substituents is 1. The summed E-state index contributed by atoms with van der Waals surface area (Å²) in [6, 6.07) is 1.35. The smallest absolute Gasteiger partial charge is 0.341 e. The highest BCUT2D eigenvalue weighted by Gasteiger charge is 2.34. The minimum Gasteiger partial charge on any atom is -0.477 e. The van der Waals surface area contributed by atoms with Gasteiger partial charge in [0, 0.05) is 37.0 Å². The van der Waals surface area contributed by atoms with Gasteiger partial charge in [0.15, 0.2) is 0 Å². The zero-order chi connectivity index (χ0) is 21.0. The van der Waals surface area contributed by atoms with Crippen LogP contribution in [0.2, 0.25) is 0 Å². The van der Waals surface area contributed by atoms with E-state index in [-0.39, 0.29) is 34.9 Å². The molecule has 1 aliphatic heterocycles. The average molecular weight is 401 g/mol. The minimum absolute atomic E-state index is 0.0825. The van der Waals surface area contributed by atoms with Crippen molar-refractivity contribution in [3.05, 3.63) is 43.7 Å². The van der Waals surface area contributed by atoms with Crippen molar-refractivity contribution in [3.8, 4) is 0 Å². The number of carboxylic acids is 1. The third-order valence-corrected chi connectivity index (χ3v) is 5.61. The van der Waals surface area contributed by atoms with Crippen molar-refractivity contribution < 1.29 is 19.6 Å². The van der Waals surface area contributed by atoms with Crippen LogP contribution in [0, 0.1) is 17.0 Å². The van der Waals surface area contributed by atoms with Crippen LogP contribution >= 0.6 is 0 Å². The first-order valence-corrected chi connectivity index (χ1v) is 9.69. The molecule has 2 aliphatic rings. The highest BCUT2D eigenvalue weighted by Crippen LogP contribution is 2.42. The summed E-state index contributed by atoms with van der Waals surface area (Å²) >= 11 is 0. The molecule has 2 heterocycles. The molecule has 1 N–H and O–H groups in total. The van der Waals surface area contributed by atoms with Gasteiger partial charge in [-0.3, -0.25) is 14.9 Å². The normalized spacial score (nSPS) is 22.1. The van der Waals surface area contributed by atoms with Gasteiger partial charge < -0.3 is 19.3 Å². The number of anilines is 1. The standard InChI is InChI=1S/C20H23N3O6/c1-10-7-21(8-11(2)29-10)18-12(3)17-14(6-16(18)23(27)28)19(24)15(20(25)26)9-22(17)13-4-5-13/h6,9-11,13H,4-5,7-8H2,1-3H3,(H,25,26). The zero-order valence-corrected chi connectivity index (χ0v) is 16.5.